The number of alkyl halides is 2. The zero-order chi connectivity index (χ0) is 28.6. The predicted octanol–water partition coefficient (Wildman–Crippen LogP) is 5.99. The van der Waals surface area contributed by atoms with Crippen molar-refractivity contribution in [1.82, 2.24) is 15.5 Å². The molecule has 38 heavy (non-hydrogen) atoms. The van der Waals surface area contributed by atoms with Gasteiger partial charge in [-0.2, -0.15) is 0 Å². The molecular weight excluding hydrogens is 527 g/mol. The summed E-state index contributed by atoms with van der Waals surface area (Å²) in [5, 5.41) is 6.21. The molecule has 0 aliphatic rings. The maximum Gasteiger partial charge on any atom is 0.410 e. The summed E-state index contributed by atoms with van der Waals surface area (Å²) in [6, 6.07) is 8.44. The molecule has 8 nitrogen and oxygen atoms in total. The summed E-state index contributed by atoms with van der Waals surface area (Å²) < 4.78 is 10.8. The third-order valence-electron chi connectivity index (χ3n) is 5.30. The van der Waals surface area contributed by atoms with E-state index in [4.69, 9.17) is 32.7 Å². The number of benzene rings is 1. The molecule has 0 aliphatic carbocycles. The molecule has 0 saturated carbocycles. The molecule has 2 N–H and O–H groups in total. The van der Waals surface area contributed by atoms with Crippen molar-refractivity contribution in [2.75, 3.05) is 55.9 Å². The van der Waals surface area contributed by atoms with Crippen LogP contribution < -0.4 is 15.5 Å². The average Bonchev–Trinajstić information content (AvgIpc) is 2.80. The highest BCUT2D eigenvalue weighted by Crippen LogP contribution is 2.16. The van der Waals surface area contributed by atoms with Crippen molar-refractivity contribution in [3.05, 3.63) is 29.8 Å². The number of carbonyl (C=O) groups excluding carboxylic acids is 2. The van der Waals surface area contributed by atoms with Gasteiger partial charge in [0.1, 0.15) is 11.2 Å². The summed E-state index contributed by atoms with van der Waals surface area (Å²) in [6.07, 6.45) is 1.59. The van der Waals surface area contributed by atoms with E-state index < -0.39 is 17.3 Å². The molecule has 0 atom stereocenters. The third kappa shape index (κ3) is 16.1. The van der Waals surface area contributed by atoms with Gasteiger partial charge in [0.2, 0.25) is 0 Å². The van der Waals surface area contributed by atoms with Crippen LogP contribution in [0.3, 0.4) is 0 Å². The Morgan fingerprint density at radius 3 is 1.92 bits per heavy atom. The number of anilines is 1. The van der Waals surface area contributed by atoms with Crippen LogP contribution in [0.15, 0.2) is 24.3 Å². The van der Waals surface area contributed by atoms with Crippen LogP contribution in [-0.2, 0) is 16.0 Å². The van der Waals surface area contributed by atoms with E-state index in [9.17, 15) is 9.59 Å². The van der Waals surface area contributed by atoms with Crippen molar-refractivity contribution in [1.29, 1.82) is 0 Å². The summed E-state index contributed by atoms with van der Waals surface area (Å²) in [6.45, 7) is 15.7. The van der Waals surface area contributed by atoms with Gasteiger partial charge in [-0.25, -0.2) is 9.59 Å². The van der Waals surface area contributed by atoms with E-state index in [1.807, 2.05) is 41.5 Å². The molecule has 2 amide bonds. The average molecular weight is 576 g/mol. The van der Waals surface area contributed by atoms with Crippen molar-refractivity contribution >= 4 is 41.1 Å². The van der Waals surface area contributed by atoms with Crippen LogP contribution in [-0.4, -0.2) is 79.3 Å². The number of nitrogens with zero attached hydrogens (tertiary/aromatic N) is 2. The van der Waals surface area contributed by atoms with E-state index in [-0.39, 0.29) is 6.09 Å². The van der Waals surface area contributed by atoms with Crippen molar-refractivity contribution in [2.45, 2.75) is 78.6 Å². The topological polar surface area (TPSA) is 83.1 Å². The molecule has 0 spiro atoms. The number of alkyl carbamates (subject to hydrolysis) is 1. The molecule has 0 fully saturated rings. The molecule has 1 rings (SSSR count). The molecule has 218 valence electrons. The number of hydrogen-bond acceptors (Lipinski definition) is 6. The highest BCUT2D eigenvalue weighted by atomic mass is 35.5. The fraction of sp³-hybridized carbons (Fsp3) is 0.714. The SMILES string of the molecule is CC(C)(C)OC(=O)NCCCN(CCCCNCc1ccc(N(CCCl)CCCl)cc1)C(=O)OC(C)(C)C. The van der Waals surface area contributed by atoms with Crippen LogP contribution in [0.5, 0.6) is 0 Å². The van der Waals surface area contributed by atoms with Gasteiger partial charge in [-0.1, -0.05) is 12.1 Å². The minimum atomic E-state index is -0.563. The van der Waals surface area contributed by atoms with Gasteiger partial charge in [0.25, 0.3) is 0 Å². The monoisotopic (exact) mass is 574 g/mol. The van der Waals surface area contributed by atoms with Crippen molar-refractivity contribution < 1.29 is 19.1 Å². The van der Waals surface area contributed by atoms with E-state index in [0.717, 1.165) is 44.7 Å². The number of ether oxygens (including phenoxy) is 2. The van der Waals surface area contributed by atoms with Crippen LogP contribution in [0.2, 0.25) is 0 Å². The number of unbranched alkanes of at least 4 members (excludes halogenated alkanes) is 1. The Balaban J connectivity index is 2.43. The number of carbonyl (C=O) groups is 2. The van der Waals surface area contributed by atoms with Gasteiger partial charge in [0.15, 0.2) is 0 Å². The Morgan fingerprint density at radius 2 is 1.37 bits per heavy atom. The fourth-order valence-corrected chi connectivity index (χ4v) is 3.99. The number of amides is 2. The zero-order valence-electron chi connectivity index (χ0n) is 24.1. The van der Waals surface area contributed by atoms with Gasteiger partial charge < -0.3 is 29.9 Å². The molecule has 0 bridgehead atoms. The number of rotatable bonds is 16. The lowest BCUT2D eigenvalue weighted by Gasteiger charge is -2.27. The van der Waals surface area contributed by atoms with Crippen molar-refractivity contribution in [3.63, 3.8) is 0 Å². The lowest BCUT2D eigenvalue weighted by molar-refractivity contribution is 0.0245. The Labute approximate surface area is 239 Å². The Hall–Kier alpha value is -1.90. The lowest BCUT2D eigenvalue weighted by atomic mass is 10.2. The van der Waals surface area contributed by atoms with Crippen LogP contribution in [0.1, 0.15) is 66.4 Å². The van der Waals surface area contributed by atoms with Crippen molar-refractivity contribution in [2.24, 2.45) is 0 Å². The summed E-state index contributed by atoms with van der Waals surface area (Å²) >= 11 is 11.8. The first-order chi connectivity index (χ1) is 17.8. The first-order valence-corrected chi connectivity index (χ1v) is 14.5. The lowest BCUT2D eigenvalue weighted by Crippen LogP contribution is -2.39. The van der Waals surface area contributed by atoms with Gasteiger partial charge in [0, 0.05) is 56.7 Å². The minimum Gasteiger partial charge on any atom is -0.444 e. The smallest absolute Gasteiger partial charge is 0.410 e. The minimum absolute atomic E-state index is 0.333. The number of hydrogen-bond donors (Lipinski definition) is 2. The van der Waals surface area contributed by atoms with Gasteiger partial charge in [-0.15, -0.1) is 23.2 Å². The van der Waals surface area contributed by atoms with Crippen LogP contribution in [0, 0.1) is 0 Å². The standard InChI is InChI=1S/C28H48Cl2N4O4/c1-27(2,3)37-25(35)32-17-9-19-34(26(36)38-28(4,5)6)18-8-7-16-31-22-23-10-12-24(13-11-23)33(20-14-29)21-15-30/h10-13,31H,7-9,14-22H2,1-6H3,(H,32,35). The normalized spacial score (nSPS) is 11.7. The highest BCUT2D eigenvalue weighted by Gasteiger charge is 2.22. The molecule has 0 radical (unpaired) electrons. The van der Waals surface area contributed by atoms with Crippen molar-refractivity contribution in [3.8, 4) is 0 Å². The molecule has 0 unspecified atom stereocenters. The Morgan fingerprint density at radius 1 is 0.789 bits per heavy atom. The van der Waals surface area contributed by atoms with Crippen LogP contribution in [0.25, 0.3) is 0 Å². The molecule has 1 aromatic carbocycles. The summed E-state index contributed by atoms with van der Waals surface area (Å²) in [7, 11) is 0. The van der Waals surface area contributed by atoms with E-state index in [2.05, 4.69) is 39.8 Å². The summed E-state index contributed by atoms with van der Waals surface area (Å²) in [4.78, 5) is 28.4. The summed E-state index contributed by atoms with van der Waals surface area (Å²) in [5.74, 6) is 1.13. The molecular formula is C28H48Cl2N4O4. The maximum atomic E-state index is 12.7. The largest absolute Gasteiger partial charge is 0.444 e. The van der Waals surface area contributed by atoms with E-state index in [0.29, 0.717) is 37.8 Å². The van der Waals surface area contributed by atoms with Crippen LogP contribution in [0.4, 0.5) is 15.3 Å². The second-order valence-electron chi connectivity index (χ2n) is 11.2. The molecule has 1 aromatic rings. The Kier molecular flexibility index (Phi) is 15.8. The Bertz CT molecular complexity index is 805. The van der Waals surface area contributed by atoms with Gasteiger partial charge in [-0.3, -0.25) is 0 Å². The highest BCUT2D eigenvalue weighted by molar-refractivity contribution is 6.18. The third-order valence-corrected chi connectivity index (χ3v) is 5.63. The van der Waals surface area contributed by atoms with Crippen LogP contribution >= 0.6 is 23.2 Å². The first-order valence-electron chi connectivity index (χ1n) is 13.5. The van der Waals surface area contributed by atoms with E-state index >= 15 is 0 Å². The number of nitrogens with one attached hydrogen (secondary N) is 2. The first kappa shape index (κ1) is 34.1. The second-order valence-corrected chi connectivity index (χ2v) is 11.9. The van der Waals surface area contributed by atoms with E-state index in [1.165, 1.54) is 5.56 Å². The number of halogens is 2. The molecule has 10 heteroatoms. The summed E-state index contributed by atoms with van der Waals surface area (Å²) in [5.41, 5.74) is 1.23. The van der Waals surface area contributed by atoms with E-state index in [1.54, 1.807) is 4.90 Å². The second kappa shape index (κ2) is 17.6. The maximum absolute atomic E-state index is 12.7. The molecule has 0 aromatic heterocycles. The molecule has 0 saturated heterocycles. The van der Waals surface area contributed by atoms with Gasteiger partial charge >= 0.3 is 12.2 Å². The zero-order valence-corrected chi connectivity index (χ0v) is 25.6. The van der Waals surface area contributed by atoms with Gasteiger partial charge in [-0.05, 0) is 85.0 Å². The molecule has 0 heterocycles. The molecule has 0 aliphatic heterocycles. The fourth-order valence-electron chi connectivity index (χ4n) is 3.58. The van der Waals surface area contributed by atoms with Gasteiger partial charge in [0.05, 0.1) is 0 Å². The predicted molar refractivity (Wildman–Crippen MR) is 158 cm³/mol. The quantitative estimate of drug-likeness (QED) is 0.186.